The van der Waals surface area contributed by atoms with Crippen molar-refractivity contribution in [2.75, 3.05) is 27.9 Å². The second kappa shape index (κ2) is 8.04. The summed E-state index contributed by atoms with van der Waals surface area (Å²) >= 11 is 0. The Bertz CT molecular complexity index is 654. The maximum absolute atomic E-state index is 12.2. The van der Waals surface area contributed by atoms with Gasteiger partial charge in [0.2, 0.25) is 0 Å². The van der Waals surface area contributed by atoms with Crippen LogP contribution in [-0.4, -0.2) is 51.6 Å². The molecule has 0 atom stereocenters. The molecule has 8 nitrogen and oxygen atoms in total. The molecular formula is C15H18N2O6. The van der Waals surface area contributed by atoms with Crippen LogP contribution in [0.2, 0.25) is 0 Å². The second-order valence-electron chi connectivity index (χ2n) is 4.52. The molecule has 0 saturated heterocycles. The first-order valence-electron chi connectivity index (χ1n) is 6.65. The van der Waals surface area contributed by atoms with Crippen LogP contribution in [-0.2, 0) is 9.47 Å². The smallest absolute Gasteiger partial charge is 0.338 e. The fourth-order valence-electron chi connectivity index (χ4n) is 1.90. The molecule has 1 amide bonds. The number of hydrogen-bond donors (Lipinski definition) is 2. The summed E-state index contributed by atoms with van der Waals surface area (Å²) in [7, 11) is 3.93. The van der Waals surface area contributed by atoms with Crippen LogP contribution in [0.4, 0.5) is 0 Å². The number of esters is 2. The monoisotopic (exact) mass is 322 g/mol. The van der Waals surface area contributed by atoms with Crippen LogP contribution >= 0.6 is 0 Å². The van der Waals surface area contributed by atoms with E-state index in [1.54, 1.807) is 7.05 Å². The van der Waals surface area contributed by atoms with E-state index < -0.39 is 23.6 Å². The third-order valence-corrected chi connectivity index (χ3v) is 3.02. The fraction of sp³-hybridized carbons (Fsp3) is 0.333. The SMILES string of the molecule is CNCNC(=O)c1cc(C(C)=O)c(C(=O)OC)cc1C(=O)OC. The Labute approximate surface area is 133 Å². The summed E-state index contributed by atoms with van der Waals surface area (Å²) in [5, 5.41) is 5.23. The highest BCUT2D eigenvalue weighted by Crippen LogP contribution is 2.20. The van der Waals surface area contributed by atoms with Gasteiger partial charge in [-0.2, -0.15) is 0 Å². The molecule has 0 fully saturated rings. The molecule has 124 valence electrons. The topological polar surface area (TPSA) is 111 Å². The summed E-state index contributed by atoms with van der Waals surface area (Å²) in [5.74, 6) is -2.62. The number of ketones is 1. The van der Waals surface area contributed by atoms with Crippen molar-refractivity contribution in [1.29, 1.82) is 0 Å². The molecule has 1 aromatic rings. The van der Waals surface area contributed by atoms with E-state index >= 15 is 0 Å². The summed E-state index contributed by atoms with van der Waals surface area (Å²) in [6.45, 7) is 1.41. The van der Waals surface area contributed by atoms with Crippen molar-refractivity contribution in [3.05, 3.63) is 34.4 Å². The summed E-state index contributed by atoms with van der Waals surface area (Å²) in [6.07, 6.45) is 0. The maximum Gasteiger partial charge on any atom is 0.338 e. The van der Waals surface area contributed by atoms with Crippen molar-refractivity contribution in [2.24, 2.45) is 0 Å². The minimum absolute atomic E-state index is 0.0147. The molecule has 0 aliphatic rings. The number of rotatable bonds is 6. The largest absolute Gasteiger partial charge is 0.465 e. The predicted octanol–water partition coefficient (Wildman–Crippen LogP) is 0.369. The van der Waals surface area contributed by atoms with Gasteiger partial charge in [0, 0.05) is 5.56 Å². The zero-order valence-electron chi connectivity index (χ0n) is 13.3. The molecule has 23 heavy (non-hydrogen) atoms. The number of carbonyl (C=O) groups excluding carboxylic acids is 4. The van der Waals surface area contributed by atoms with E-state index in [1.165, 1.54) is 13.0 Å². The Balaban J connectivity index is 3.56. The summed E-state index contributed by atoms with van der Waals surface area (Å²) < 4.78 is 9.24. The van der Waals surface area contributed by atoms with E-state index in [0.717, 1.165) is 20.3 Å². The third-order valence-electron chi connectivity index (χ3n) is 3.02. The molecule has 2 N–H and O–H groups in total. The Kier molecular flexibility index (Phi) is 6.40. The number of carbonyl (C=O) groups is 4. The number of benzene rings is 1. The normalized spacial score (nSPS) is 9.91. The molecule has 1 rings (SSSR count). The number of hydrogen-bond acceptors (Lipinski definition) is 7. The van der Waals surface area contributed by atoms with Crippen molar-refractivity contribution in [3.8, 4) is 0 Å². The molecule has 0 spiro atoms. The lowest BCUT2D eigenvalue weighted by Crippen LogP contribution is -2.33. The van der Waals surface area contributed by atoms with Gasteiger partial charge in [-0.15, -0.1) is 0 Å². The molecule has 1 aromatic carbocycles. The number of methoxy groups -OCH3 is 2. The Morgan fingerprint density at radius 2 is 1.39 bits per heavy atom. The fourth-order valence-corrected chi connectivity index (χ4v) is 1.90. The Hall–Kier alpha value is -2.74. The molecule has 0 heterocycles. The molecular weight excluding hydrogens is 304 g/mol. The summed E-state index contributed by atoms with van der Waals surface area (Å²) in [6, 6.07) is 2.31. The van der Waals surface area contributed by atoms with Crippen LogP contribution in [0.1, 0.15) is 48.4 Å². The highest BCUT2D eigenvalue weighted by Gasteiger charge is 2.25. The number of nitrogens with one attached hydrogen (secondary N) is 2. The van der Waals surface area contributed by atoms with Crippen LogP contribution < -0.4 is 10.6 Å². The summed E-state index contributed by atoms with van der Waals surface area (Å²) in [5.41, 5.74) is -0.318. The third kappa shape index (κ3) is 4.13. The maximum atomic E-state index is 12.2. The van der Waals surface area contributed by atoms with Gasteiger partial charge in [-0.1, -0.05) is 0 Å². The van der Waals surface area contributed by atoms with Gasteiger partial charge >= 0.3 is 11.9 Å². The van der Waals surface area contributed by atoms with Crippen LogP contribution in [0.25, 0.3) is 0 Å². The zero-order valence-corrected chi connectivity index (χ0v) is 13.3. The minimum atomic E-state index is -0.806. The van der Waals surface area contributed by atoms with Gasteiger partial charge in [-0.05, 0) is 26.1 Å². The van der Waals surface area contributed by atoms with Crippen LogP contribution in [0.5, 0.6) is 0 Å². The molecule has 0 bridgehead atoms. The van der Waals surface area contributed by atoms with Crippen molar-refractivity contribution >= 4 is 23.6 Å². The van der Waals surface area contributed by atoms with Crippen LogP contribution in [0.15, 0.2) is 12.1 Å². The van der Waals surface area contributed by atoms with Crippen molar-refractivity contribution in [3.63, 3.8) is 0 Å². The van der Waals surface area contributed by atoms with Crippen LogP contribution in [0.3, 0.4) is 0 Å². The molecule has 0 radical (unpaired) electrons. The predicted molar refractivity (Wildman–Crippen MR) is 80.5 cm³/mol. The highest BCUT2D eigenvalue weighted by atomic mass is 16.5. The van der Waals surface area contributed by atoms with E-state index in [0.29, 0.717) is 0 Å². The molecule has 0 aromatic heterocycles. The van der Waals surface area contributed by atoms with E-state index in [1.807, 2.05) is 0 Å². The first-order valence-corrected chi connectivity index (χ1v) is 6.65. The van der Waals surface area contributed by atoms with E-state index in [2.05, 4.69) is 20.1 Å². The first-order chi connectivity index (χ1) is 10.9. The Morgan fingerprint density at radius 1 is 0.913 bits per heavy atom. The van der Waals surface area contributed by atoms with E-state index in [-0.39, 0.29) is 28.9 Å². The lowest BCUT2D eigenvalue weighted by molar-refractivity contribution is 0.0592. The lowest BCUT2D eigenvalue weighted by atomic mass is 9.95. The Morgan fingerprint density at radius 3 is 1.83 bits per heavy atom. The van der Waals surface area contributed by atoms with Gasteiger partial charge < -0.3 is 20.1 Å². The van der Waals surface area contributed by atoms with Gasteiger partial charge in [0.25, 0.3) is 5.91 Å². The molecule has 8 heteroatoms. The second-order valence-corrected chi connectivity index (χ2v) is 4.52. The average Bonchev–Trinajstić information content (AvgIpc) is 2.56. The van der Waals surface area contributed by atoms with Crippen molar-refractivity contribution in [1.82, 2.24) is 10.6 Å². The number of amides is 1. The van der Waals surface area contributed by atoms with Gasteiger partial charge in [0.15, 0.2) is 5.78 Å². The van der Waals surface area contributed by atoms with Gasteiger partial charge in [-0.3, -0.25) is 9.59 Å². The number of ether oxygens (including phenoxy) is 2. The van der Waals surface area contributed by atoms with Crippen molar-refractivity contribution in [2.45, 2.75) is 6.92 Å². The van der Waals surface area contributed by atoms with E-state index in [9.17, 15) is 19.2 Å². The molecule has 0 aliphatic heterocycles. The summed E-state index contributed by atoms with van der Waals surface area (Å²) in [4.78, 5) is 47.7. The minimum Gasteiger partial charge on any atom is -0.465 e. The van der Waals surface area contributed by atoms with Gasteiger partial charge in [0.05, 0.1) is 37.6 Å². The average molecular weight is 322 g/mol. The van der Waals surface area contributed by atoms with Gasteiger partial charge in [0.1, 0.15) is 0 Å². The quantitative estimate of drug-likeness (QED) is 0.442. The molecule has 0 unspecified atom stereocenters. The van der Waals surface area contributed by atoms with Gasteiger partial charge in [-0.25, -0.2) is 9.59 Å². The van der Waals surface area contributed by atoms with Crippen LogP contribution in [0, 0.1) is 0 Å². The lowest BCUT2D eigenvalue weighted by Gasteiger charge is -2.13. The first kappa shape index (κ1) is 18.3. The number of Topliss-reactive ketones (excluding diaryl/α,β-unsaturated/α-hetero) is 1. The highest BCUT2D eigenvalue weighted by molar-refractivity contribution is 6.12. The zero-order chi connectivity index (χ0) is 17.6. The standard InChI is InChI=1S/C15H18N2O6/c1-8(18)9-5-10(13(19)17-7-16-2)12(15(21)23-4)6-11(9)14(20)22-3/h5-6,16H,7H2,1-4H3,(H,17,19). The molecule has 0 saturated carbocycles. The van der Waals surface area contributed by atoms with Crippen molar-refractivity contribution < 1.29 is 28.7 Å². The van der Waals surface area contributed by atoms with E-state index in [4.69, 9.17) is 0 Å². The molecule has 0 aliphatic carbocycles.